The second-order valence-electron chi connectivity index (χ2n) is 13.4. The van der Waals surface area contributed by atoms with E-state index in [1.807, 2.05) is 24.3 Å². The smallest absolute Gasteiger partial charge is 0.143 e. The van der Waals surface area contributed by atoms with Crippen molar-refractivity contribution in [2.24, 2.45) is 0 Å². The van der Waals surface area contributed by atoms with Gasteiger partial charge in [0.25, 0.3) is 0 Å². The molecule has 0 unspecified atom stereocenters. The summed E-state index contributed by atoms with van der Waals surface area (Å²) >= 11 is 0. The van der Waals surface area contributed by atoms with Crippen molar-refractivity contribution in [2.45, 2.75) is 0 Å². The first kappa shape index (κ1) is 28.8. The Morgan fingerprint density at radius 1 is 0.288 bits per heavy atom. The standard InChI is InChI=1S/2C24H15NO/c2*1-3-10-21-17(6-1)18-13-12-15(14-22(18)25-21)16-8-5-9-20-19-7-2-4-11-23(19)26-24(16)20/h2*1-14,25H. The normalized spacial score (nSPS) is 11.8. The molecule has 4 aromatic heterocycles. The van der Waals surface area contributed by atoms with Gasteiger partial charge in [-0.1, -0.05) is 133 Å². The molecule has 0 aliphatic heterocycles. The molecule has 52 heavy (non-hydrogen) atoms. The second-order valence-corrected chi connectivity index (χ2v) is 13.4. The summed E-state index contributed by atoms with van der Waals surface area (Å²) in [4.78, 5) is 7.06. The highest BCUT2D eigenvalue weighted by Crippen LogP contribution is 2.39. The minimum absolute atomic E-state index is 0.932. The molecule has 0 spiro atoms. The number of aromatic nitrogens is 2. The summed E-state index contributed by atoms with van der Waals surface area (Å²) in [5, 5.41) is 9.67. The fourth-order valence-corrected chi connectivity index (χ4v) is 7.99. The molecule has 4 heterocycles. The topological polar surface area (TPSA) is 57.9 Å². The SMILES string of the molecule is c1ccc2c(c1)[nH]c1cc(-c3cccc4c3oc3ccccc34)ccc12.c1ccc2c(c1)[nH]c1cc(-c3cccc4c3oc3ccccc34)ccc12. The first-order chi connectivity index (χ1) is 25.8. The highest BCUT2D eigenvalue weighted by molar-refractivity contribution is 6.13. The number of furan rings is 2. The maximum atomic E-state index is 6.20. The Morgan fingerprint density at radius 3 is 1.15 bits per heavy atom. The van der Waals surface area contributed by atoms with E-state index in [1.54, 1.807) is 0 Å². The summed E-state index contributed by atoms with van der Waals surface area (Å²) < 4.78 is 12.4. The van der Waals surface area contributed by atoms with Gasteiger partial charge in [-0.05, 0) is 47.5 Å². The van der Waals surface area contributed by atoms with Gasteiger partial charge in [0.1, 0.15) is 22.3 Å². The number of nitrogens with one attached hydrogen (secondary N) is 2. The first-order valence-electron chi connectivity index (χ1n) is 17.6. The van der Waals surface area contributed by atoms with Crippen LogP contribution in [0.2, 0.25) is 0 Å². The van der Waals surface area contributed by atoms with Gasteiger partial charge in [-0.25, -0.2) is 0 Å². The number of benzene rings is 8. The predicted octanol–water partition coefficient (Wildman–Crippen LogP) is 13.8. The lowest BCUT2D eigenvalue weighted by molar-refractivity contribution is 0.669. The number of H-pyrrole nitrogens is 2. The summed E-state index contributed by atoms with van der Waals surface area (Å²) in [5.74, 6) is 0. The Hall–Kier alpha value is -7.04. The monoisotopic (exact) mass is 666 g/mol. The van der Waals surface area contributed by atoms with E-state index in [9.17, 15) is 0 Å². The molecule has 2 N–H and O–H groups in total. The van der Waals surface area contributed by atoms with E-state index in [4.69, 9.17) is 8.83 Å². The second kappa shape index (κ2) is 11.2. The maximum absolute atomic E-state index is 6.20. The number of hydrogen-bond donors (Lipinski definition) is 2. The van der Waals surface area contributed by atoms with E-state index >= 15 is 0 Å². The molecular weight excluding hydrogens is 637 g/mol. The van der Waals surface area contributed by atoms with Crippen LogP contribution in [0.4, 0.5) is 0 Å². The van der Waals surface area contributed by atoms with E-state index in [0.717, 1.165) is 77.2 Å². The lowest BCUT2D eigenvalue weighted by Crippen LogP contribution is -1.79. The summed E-state index contributed by atoms with van der Waals surface area (Å²) in [7, 11) is 0. The molecule has 0 radical (unpaired) electrons. The summed E-state index contributed by atoms with van der Waals surface area (Å²) in [5.41, 5.74) is 13.0. The van der Waals surface area contributed by atoms with Crippen molar-refractivity contribution in [3.63, 3.8) is 0 Å². The molecule has 4 nitrogen and oxygen atoms in total. The first-order valence-corrected chi connectivity index (χ1v) is 17.6. The van der Waals surface area contributed by atoms with Crippen LogP contribution in [0.3, 0.4) is 0 Å². The van der Waals surface area contributed by atoms with Crippen LogP contribution in [0.1, 0.15) is 0 Å². The number of hydrogen-bond acceptors (Lipinski definition) is 2. The van der Waals surface area contributed by atoms with Gasteiger partial charge < -0.3 is 18.8 Å². The van der Waals surface area contributed by atoms with Gasteiger partial charge in [-0.15, -0.1) is 0 Å². The molecule has 0 fully saturated rings. The van der Waals surface area contributed by atoms with Crippen LogP contribution in [0.25, 0.3) is 110 Å². The third-order valence-corrected chi connectivity index (χ3v) is 10.4. The van der Waals surface area contributed by atoms with Crippen LogP contribution in [0.5, 0.6) is 0 Å². The molecule has 4 heteroatoms. The molecule has 0 atom stereocenters. The highest BCUT2D eigenvalue weighted by Gasteiger charge is 2.15. The van der Waals surface area contributed by atoms with Crippen molar-refractivity contribution in [1.29, 1.82) is 0 Å². The van der Waals surface area contributed by atoms with Gasteiger partial charge in [0, 0.05) is 76.3 Å². The van der Waals surface area contributed by atoms with Crippen LogP contribution in [-0.4, -0.2) is 9.97 Å². The fraction of sp³-hybridized carbons (Fsp3) is 0. The van der Waals surface area contributed by atoms with Crippen molar-refractivity contribution < 1.29 is 8.83 Å². The molecule has 0 amide bonds. The van der Waals surface area contributed by atoms with E-state index in [1.165, 1.54) is 32.6 Å². The van der Waals surface area contributed by atoms with Gasteiger partial charge in [-0.2, -0.15) is 0 Å². The largest absolute Gasteiger partial charge is 0.455 e. The third-order valence-electron chi connectivity index (χ3n) is 10.4. The van der Waals surface area contributed by atoms with Crippen molar-refractivity contribution in [3.8, 4) is 22.3 Å². The molecule has 8 aromatic carbocycles. The molecule has 0 bridgehead atoms. The van der Waals surface area contributed by atoms with Gasteiger partial charge in [0.15, 0.2) is 0 Å². The van der Waals surface area contributed by atoms with E-state index in [-0.39, 0.29) is 0 Å². The Morgan fingerprint density at radius 2 is 0.673 bits per heavy atom. The van der Waals surface area contributed by atoms with Crippen molar-refractivity contribution in [3.05, 3.63) is 170 Å². The Kier molecular flexibility index (Phi) is 6.22. The molecule has 244 valence electrons. The van der Waals surface area contributed by atoms with E-state index in [0.29, 0.717) is 0 Å². The number of fused-ring (bicyclic) bond motifs is 12. The zero-order chi connectivity index (χ0) is 34.2. The van der Waals surface area contributed by atoms with Gasteiger partial charge in [-0.3, -0.25) is 0 Å². The molecule has 0 aliphatic carbocycles. The summed E-state index contributed by atoms with van der Waals surface area (Å²) in [6.07, 6.45) is 0. The lowest BCUT2D eigenvalue weighted by Gasteiger charge is -2.03. The molecule has 12 aromatic rings. The maximum Gasteiger partial charge on any atom is 0.143 e. The number of aromatic amines is 2. The Labute approximate surface area is 297 Å². The number of rotatable bonds is 2. The van der Waals surface area contributed by atoms with Crippen LogP contribution in [0.15, 0.2) is 179 Å². The third kappa shape index (κ3) is 4.41. The van der Waals surface area contributed by atoms with Crippen LogP contribution in [-0.2, 0) is 0 Å². The predicted molar refractivity (Wildman–Crippen MR) is 217 cm³/mol. The summed E-state index contributed by atoms with van der Waals surface area (Å²) in [6, 6.07) is 59.2. The zero-order valence-corrected chi connectivity index (χ0v) is 28.0. The molecular formula is C48H30N2O2. The van der Waals surface area contributed by atoms with Crippen LogP contribution >= 0.6 is 0 Å². The average molecular weight is 667 g/mol. The minimum Gasteiger partial charge on any atom is -0.455 e. The quantitative estimate of drug-likeness (QED) is 0.193. The zero-order valence-electron chi connectivity index (χ0n) is 28.0. The van der Waals surface area contributed by atoms with Crippen molar-refractivity contribution in [1.82, 2.24) is 9.97 Å². The molecule has 12 rings (SSSR count). The molecule has 0 aliphatic rings. The molecule has 0 saturated carbocycles. The Balaban J connectivity index is 0.000000123. The van der Waals surface area contributed by atoms with Gasteiger partial charge >= 0.3 is 0 Å². The van der Waals surface area contributed by atoms with Gasteiger partial charge in [0.05, 0.1) is 0 Å². The van der Waals surface area contributed by atoms with Crippen LogP contribution in [0, 0.1) is 0 Å². The van der Waals surface area contributed by atoms with Crippen LogP contribution < -0.4 is 0 Å². The Bertz CT molecular complexity index is 3090. The molecule has 0 saturated heterocycles. The summed E-state index contributed by atoms with van der Waals surface area (Å²) in [6.45, 7) is 0. The average Bonchev–Trinajstić information content (AvgIpc) is 3.97. The fourth-order valence-electron chi connectivity index (χ4n) is 7.99. The van der Waals surface area contributed by atoms with Crippen molar-refractivity contribution in [2.75, 3.05) is 0 Å². The number of para-hydroxylation sites is 6. The van der Waals surface area contributed by atoms with Gasteiger partial charge in [0.2, 0.25) is 0 Å². The van der Waals surface area contributed by atoms with Crippen molar-refractivity contribution >= 4 is 87.5 Å². The minimum atomic E-state index is 0.932. The van der Waals surface area contributed by atoms with E-state index < -0.39 is 0 Å². The van der Waals surface area contributed by atoms with E-state index in [2.05, 4.69) is 156 Å². The lowest BCUT2D eigenvalue weighted by atomic mass is 10.0. The highest BCUT2D eigenvalue weighted by atomic mass is 16.3.